The summed E-state index contributed by atoms with van der Waals surface area (Å²) in [5, 5.41) is 10.2. The van der Waals surface area contributed by atoms with Gasteiger partial charge in [-0.05, 0) is 6.92 Å². The third kappa shape index (κ3) is 0.910. The fraction of sp³-hybridized carbons (Fsp3) is 0.200. The Morgan fingerprint density at radius 1 is 2.00 bits per heavy atom. The molecule has 0 unspecified atom stereocenters. The number of aromatic amines is 1. The normalized spacial score (nSPS) is 12.6. The molecule has 0 atom stereocenters. The van der Waals surface area contributed by atoms with E-state index < -0.39 is 4.92 Å². The number of nitrogens with one attached hydrogen (secondary N) is 1. The lowest BCUT2D eigenvalue weighted by Crippen LogP contribution is -1.86. The summed E-state index contributed by atoms with van der Waals surface area (Å²) >= 11 is 0. The third-order valence-corrected chi connectivity index (χ3v) is 0.969. The van der Waals surface area contributed by atoms with Crippen molar-refractivity contribution < 1.29 is 7.66 Å². The number of nitro groups is 1. The highest BCUT2D eigenvalue weighted by Crippen LogP contribution is 2.13. The van der Waals surface area contributed by atoms with Crippen LogP contribution in [0.2, 0.25) is 0 Å². The molecular formula is C5H6N2O2. The Hall–Kier alpha value is -1.32. The molecule has 4 heteroatoms. The second-order valence-electron chi connectivity index (χ2n) is 1.61. The molecule has 0 aliphatic rings. The van der Waals surface area contributed by atoms with E-state index in [9.17, 15) is 10.1 Å². The minimum absolute atomic E-state index is 0.214. The molecule has 0 saturated heterocycles. The predicted octanol–water partition coefficient (Wildman–Crippen LogP) is 1.23. The van der Waals surface area contributed by atoms with Gasteiger partial charge in [-0.3, -0.25) is 10.1 Å². The summed E-state index contributed by atoms with van der Waals surface area (Å²) in [5.74, 6) is 0. The molecular weight excluding hydrogens is 120 g/mol. The van der Waals surface area contributed by atoms with E-state index in [2.05, 4.69) is 4.98 Å². The number of nitrogens with zero attached hydrogens (tertiary/aromatic N) is 1. The molecule has 0 bridgehead atoms. The summed E-state index contributed by atoms with van der Waals surface area (Å²) in [6.45, 7) is 1.47. The van der Waals surface area contributed by atoms with Crippen LogP contribution >= 0.6 is 0 Å². The van der Waals surface area contributed by atoms with Crippen molar-refractivity contribution in [1.82, 2.24) is 4.98 Å². The van der Waals surface area contributed by atoms with E-state index in [4.69, 9.17) is 2.74 Å². The Morgan fingerprint density at radius 3 is 2.89 bits per heavy atom. The fourth-order valence-electron chi connectivity index (χ4n) is 0.520. The first kappa shape index (κ1) is 3.66. The summed E-state index contributed by atoms with van der Waals surface area (Å²) in [6.07, 6.45) is -0.214. The first-order valence-electron chi connectivity index (χ1n) is 3.34. The van der Waals surface area contributed by atoms with Gasteiger partial charge in [0.1, 0.15) is 0 Å². The lowest BCUT2D eigenvalue weighted by atomic mass is 10.4. The summed E-state index contributed by atoms with van der Waals surface area (Å²) in [7, 11) is 0. The van der Waals surface area contributed by atoms with Gasteiger partial charge in [0.25, 0.3) is 5.69 Å². The molecule has 48 valence electrons. The molecule has 0 fully saturated rings. The first-order chi connectivity index (χ1) is 5.04. The van der Waals surface area contributed by atoms with Crippen LogP contribution in [0.15, 0.2) is 12.2 Å². The van der Waals surface area contributed by atoms with Crippen LogP contribution in [0.5, 0.6) is 0 Å². The van der Waals surface area contributed by atoms with Crippen molar-refractivity contribution in [1.29, 1.82) is 0 Å². The molecule has 1 aromatic rings. The van der Waals surface area contributed by atoms with Gasteiger partial charge in [-0.15, -0.1) is 0 Å². The van der Waals surface area contributed by atoms with Crippen LogP contribution in [0.3, 0.4) is 0 Å². The van der Waals surface area contributed by atoms with Gasteiger partial charge < -0.3 is 4.98 Å². The third-order valence-electron chi connectivity index (χ3n) is 0.969. The van der Waals surface area contributed by atoms with Gasteiger partial charge in [-0.25, -0.2) is 0 Å². The summed E-state index contributed by atoms with van der Waals surface area (Å²) in [5.41, 5.74) is -0.0556. The van der Waals surface area contributed by atoms with Gasteiger partial charge in [0, 0.05) is 12.2 Å². The smallest absolute Gasteiger partial charge is 0.289 e. The van der Waals surface area contributed by atoms with Gasteiger partial charge in [0.15, 0.2) is 0 Å². The Labute approximate surface area is 54.5 Å². The molecule has 0 amide bonds. The van der Waals surface area contributed by atoms with Crippen LogP contribution in [-0.2, 0) is 0 Å². The molecule has 1 rings (SSSR count). The molecule has 0 spiro atoms. The van der Waals surface area contributed by atoms with Crippen molar-refractivity contribution in [3.63, 3.8) is 0 Å². The van der Waals surface area contributed by atoms with Crippen LogP contribution in [0, 0.1) is 17.0 Å². The number of hydrogen-bond donors (Lipinski definition) is 1. The second-order valence-corrected chi connectivity index (χ2v) is 1.61. The minimum Gasteiger partial charge on any atom is -0.359 e. The lowest BCUT2D eigenvalue weighted by Gasteiger charge is -1.84. The quantitative estimate of drug-likeness (QED) is 0.456. The number of H-pyrrole nitrogens is 1. The van der Waals surface area contributed by atoms with E-state index in [1.807, 2.05) is 0 Å². The molecule has 0 saturated carbocycles. The van der Waals surface area contributed by atoms with Gasteiger partial charge in [0.05, 0.1) is 13.4 Å². The van der Waals surface area contributed by atoms with E-state index in [-0.39, 0.29) is 23.6 Å². The number of aromatic nitrogens is 1. The van der Waals surface area contributed by atoms with Crippen molar-refractivity contribution in [3.05, 3.63) is 28.0 Å². The van der Waals surface area contributed by atoms with E-state index in [0.29, 0.717) is 0 Å². The molecule has 4 nitrogen and oxygen atoms in total. The highest BCUT2D eigenvalue weighted by Gasteiger charge is 2.08. The van der Waals surface area contributed by atoms with E-state index >= 15 is 0 Å². The lowest BCUT2D eigenvalue weighted by molar-refractivity contribution is -0.385. The zero-order chi connectivity index (χ0) is 8.59. The van der Waals surface area contributed by atoms with Crippen LogP contribution in [0.1, 0.15) is 8.44 Å². The van der Waals surface area contributed by atoms with Crippen molar-refractivity contribution in [3.8, 4) is 0 Å². The molecule has 0 radical (unpaired) electrons. The highest BCUT2D eigenvalue weighted by molar-refractivity contribution is 5.33. The standard InChI is InChI=1S/C5H6N2O2/c1-4-5(7(8)9)2-3-6-4/h2-3,6H,1H3/i2D,3D. The van der Waals surface area contributed by atoms with Crippen molar-refractivity contribution >= 4 is 5.69 Å². The molecule has 0 aliphatic carbocycles. The summed E-state index contributed by atoms with van der Waals surface area (Å²) < 4.78 is 14.1. The highest BCUT2D eigenvalue weighted by atomic mass is 16.6. The molecule has 1 aromatic heterocycles. The Bertz CT molecular complexity index is 308. The first-order valence-corrected chi connectivity index (χ1v) is 2.34. The average Bonchev–Trinajstić information content (AvgIpc) is 2.07. The van der Waals surface area contributed by atoms with Crippen molar-refractivity contribution in [2.45, 2.75) is 6.92 Å². The number of aryl methyl sites for hydroxylation is 1. The molecule has 1 heterocycles. The molecule has 0 aliphatic heterocycles. The predicted molar refractivity (Wildman–Crippen MR) is 32.2 cm³/mol. The maximum absolute atomic E-state index is 10.2. The van der Waals surface area contributed by atoms with Crippen LogP contribution < -0.4 is 0 Å². The van der Waals surface area contributed by atoms with Crippen LogP contribution in [-0.4, -0.2) is 9.91 Å². The molecule has 9 heavy (non-hydrogen) atoms. The number of hydrogen-bond acceptors (Lipinski definition) is 2. The Morgan fingerprint density at radius 2 is 2.67 bits per heavy atom. The fourth-order valence-corrected chi connectivity index (χ4v) is 0.520. The van der Waals surface area contributed by atoms with E-state index in [1.54, 1.807) is 0 Å². The van der Waals surface area contributed by atoms with Crippen molar-refractivity contribution in [2.24, 2.45) is 0 Å². The van der Waals surface area contributed by atoms with Crippen LogP contribution in [0.4, 0.5) is 5.69 Å². The molecule has 0 aromatic carbocycles. The maximum Gasteiger partial charge on any atom is 0.289 e. The van der Waals surface area contributed by atoms with Gasteiger partial charge in [-0.2, -0.15) is 0 Å². The van der Waals surface area contributed by atoms with E-state index in [1.165, 1.54) is 6.92 Å². The second kappa shape index (κ2) is 1.89. The van der Waals surface area contributed by atoms with Gasteiger partial charge >= 0.3 is 0 Å². The average molecular weight is 128 g/mol. The van der Waals surface area contributed by atoms with Gasteiger partial charge in [-0.1, -0.05) is 0 Å². The van der Waals surface area contributed by atoms with Crippen molar-refractivity contribution in [2.75, 3.05) is 0 Å². The maximum atomic E-state index is 10.2. The SMILES string of the molecule is [2H]c1[nH]c(C)c([N+](=O)[O-])c1[2H]. The Kier molecular flexibility index (Phi) is 0.768. The summed E-state index contributed by atoms with van der Waals surface area (Å²) in [4.78, 5) is 12.0. The van der Waals surface area contributed by atoms with E-state index in [0.717, 1.165) is 0 Å². The zero-order valence-electron chi connectivity index (χ0n) is 6.76. The zero-order valence-corrected chi connectivity index (χ0v) is 4.76. The number of rotatable bonds is 1. The molecule has 1 N–H and O–H groups in total. The summed E-state index contributed by atoms with van der Waals surface area (Å²) in [6, 6.07) is -0.354. The van der Waals surface area contributed by atoms with Crippen LogP contribution in [0.25, 0.3) is 0 Å². The monoisotopic (exact) mass is 128 g/mol. The minimum atomic E-state index is -0.661. The largest absolute Gasteiger partial charge is 0.359 e. The topological polar surface area (TPSA) is 58.9 Å². The Balaban J connectivity index is 3.34. The van der Waals surface area contributed by atoms with Gasteiger partial charge in [0.2, 0.25) is 0 Å².